The number of benzene rings is 1. The second kappa shape index (κ2) is 5.32. The summed E-state index contributed by atoms with van der Waals surface area (Å²) >= 11 is 0. The summed E-state index contributed by atoms with van der Waals surface area (Å²) in [6.07, 6.45) is 1.59. The van der Waals surface area contributed by atoms with Crippen molar-refractivity contribution in [3.05, 3.63) is 29.8 Å². The quantitative estimate of drug-likeness (QED) is 0.714. The third-order valence-corrected chi connectivity index (χ3v) is 2.57. The van der Waals surface area contributed by atoms with E-state index >= 15 is 0 Å². The van der Waals surface area contributed by atoms with Gasteiger partial charge in [0.05, 0.1) is 18.8 Å². The van der Waals surface area contributed by atoms with Gasteiger partial charge in [-0.25, -0.2) is 0 Å². The number of hydrogen-bond acceptors (Lipinski definition) is 4. The Bertz CT molecular complexity index is 447. The van der Waals surface area contributed by atoms with Crippen LogP contribution in [-0.2, 0) is 4.74 Å². The first-order chi connectivity index (χ1) is 8.33. The normalized spacial score (nSPS) is 15.1. The average molecular weight is 232 g/mol. The summed E-state index contributed by atoms with van der Waals surface area (Å²) < 4.78 is 9.96. The number of nitrogens with zero attached hydrogens (tertiary/aromatic N) is 2. The highest BCUT2D eigenvalue weighted by Gasteiger charge is 2.21. The van der Waals surface area contributed by atoms with Gasteiger partial charge in [0, 0.05) is 13.1 Å². The number of ether oxygens (including phenoxy) is 2. The molecule has 0 bridgehead atoms. The molecule has 0 spiro atoms. The second-order valence-corrected chi connectivity index (χ2v) is 3.59. The summed E-state index contributed by atoms with van der Waals surface area (Å²) in [4.78, 5) is 13.9. The van der Waals surface area contributed by atoms with Gasteiger partial charge in [0.1, 0.15) is 0 Å². The van der Waals surface area contributed by atoms with Gasteiger partial charge in [0.15, 0.2) is 5.75 Å². The van der Waals surface area contributed by atoms with Crippen molar-refractivity contribution in [3.63, 3.8) is 0 Å². The molecule has 0 atom stereocenters. The van der Waals surface area contributed by atoms with E-state index in [9.17, 15) is 4.79 Å². The van der Waals surface area contributed by atoms with Gasteiger partial charge in [-0.05, 0) is 12.1 Å². The highest BCUT2D eigenvalue weighted by molar-refractivity contribution is 5.97. The zero-order valence-corrected chi connectivity index (χ0v) is 9.26. The van der Waals surface area contributed by atoms with Crippen molar-refractivity contribution >= 4 is 5.91 Å². The second-order valence-electron chi connectivity index (χ2n) is 3.59. The predicted molar refractivity (Wildman–Crippen MR) is 59.4 cm³/mol. The van der Waals surface area contributed by atoms with Gasteiger partial charge >= 0.3 is 0 Å². The summed E-state index contributed by atoms with van der Waals surface area (Å²) in [6.45, 7) is 2.24. The molecule has 0 N–H and O–H groups in total. The monoisotopic (exact) mass is 232 g/mol. The lowest BCUT2D eigenvalue weighted by Gasteiger charge is -2.27. The van der Waals surface area contributed by atoms with E-state index in [1.807, 2.05) is 0 Å². The zero-order valence-electron chi connectivity index (χ0n) is 9.26. The Labute approximate surface area is 99.2 Å². The lowest BCUT2D eigenvalue weighted by atomic mass is 10.1. The van der Waals surface area contributed by atoms with Crippen LogP contribution in [0, 0.1) is 11.5 Å². The van der Waals surface area contributed by atoms with Crippen molar-refractivity contribution in [3.8, 4) is 12.0 Å². The number of carbonyl (C=O) groups excluding carboxylic acids is 1. The number of rotatable bonds is 2. The maximum Gasteiger partial charge on any atom is 0.292 e. The van der Waals surface area contributed by atoms with E-state index < -0.39 is 0 Å². The number of amides is 1. The Morgan fingerprint density at radius 2 is 2.06 bits per heavy atom. The first-order valence-corrected chi connectivity index (χ1v) is 5.35. The van der Waals surface area contributed by atoms with Crippen LogP contribution in [0.25, 0.3) is 0 Å². The minimum Gasteiger partial charge on any atom is -0.387 e. The average Bonchev–Trinajstić information content (AvgIpc) is 2.40. The highest BCUT2D eigenvalue weighted by Crippen LogP contribution is 2.20. The van der Waals surface area contributed by atoms with Gasteiger partial charge in [0.25, 0.3) is 12.2 Å². The Balaban J connectivity index is 2.20. The van der Waals surface area contributed by atoms with E-state index in [1.165, 1.54) is 0 Å². The topological polar surface area (TPSA) is 62.6 Å². The number of hydrogen-bond donors (Lipinski definition) is 0. The van der Waals surface area contributed by atoms with Crippen LogP contribution in [0.3, 0.4) is 0 Å². The van der Waals surface area contributed by atoms with Crippen LogP contribution in [0.15, 0.2) is 24.3 Å². The van der Waals surface area contributed by atoms with Gasteiger partial charge in [-0.15, -0.1) is 5.26 Å². The molecular formula is C12H12N2O3. The molecule has 1 aromatic carbocycles. The lowest BCUT2D eigenvalue weighted by molar-refractivity contribution is 0.0301. The molecular weight excluding hydrogens is 220 g/mol. The van der Waals surface area contributed by atoms with Gasteiger partial charge < -0.3 is 14.4 Å². The first kappa shape index (κ1) is 11.4. The van der Waals surface area contributed by atoms with Crippen LogP contribution < -0.4 is 4.74 Å². The molecule has 1 amide bonds. The van der Waals surface area contributed by atoms with Crippen molar-refractivity contribution in [2.24, 2.45) is 0 Å². The number of carbonyl (C=O) groups is 1. The molecule has 5 heteroatoms. The molecule has 88 valence electrons. The predicted octanol–water partition coefficient (Wildman–Crippen LogP) is 1.02. The summed E-state index contributed by atoms with van der Waals surface area (Å²) in [5.74, 6) is 0.172. The molecule has 1 aliphatic heterocycles. The Kier molecular flexibility index (Phi) is 3.58. The smallest absolute Gasteiger partial charge is 0.292 e. The van der Waals surface area contributed by atoms with Crippen molar-refractivity contribution < 1.29 is 14.3 Å². The molecule has 0 radical (unpaired) electrons. The van der Waals surface area contributed by atoms with E-state index in [0.29, 0.717) is 37.6 Å². The first-order valence-electron chi connectivity index (χ1n) is 5.35. The SMILES string of the molecule is N#COc1ccccc1C(=O)N1CCOCC1. The van der Waals surface area contributed by atoms with E-state index in [1.54, 1.807) is 35.4 Å². The van der Waals surface area contributed by atoms with Crippen molar-refractivity contribution in [1.29, 1.82) is 5.26 Å². The van der Waals surface area contributed by atoms with Crippen LogP contribution >= 0.6 is 0 Å². The third-order valence-electron chi connectivity index (χ3n) is 2.57. The van der Waals surface area contributed by atoms with Gasteiger partial charge in [0.2, 0.25) is 0 Å². The van der Waals surface area contributed by atoms with E-state index in [4.69, 9.17) is 14.7 Å². The summed E-state index contributed by atoms with van der Waals surface area (Å²) in [5.41, 5.74) is 0.413. The van der Waals surface area contributed by atoms with Crippen molar-refractivity contribution in [1.82, 2.24) is 4.90 Å². The fraction of sp³-hybridized carbons (Fsp3) is 0.333. The van der Waals surface area contributed by atoms with Crippen LogP contribution in [-0.4, -0.2) is 37.1 Å². The maximum atomic E-state index is 12.2. The molecule has 1 fully saturated rings. The molecule has 0 saturated carbocycles. The van der Waals surface area contributed by atoms with Crippen molar-refractivity contribution in [2.75, 3.05) is 26.3 Å². The summed E-state index contributed by atoms with van der Waals surface area (Å²) in [7, 11) is 0. The molecule has 0 unspecified atom stereocenters. The lowest BCUT2D eigenvalue weighted by Crippen LogP contribution is -2.40. The Morgan fingerprint density at radius 3 is 2.76 bits per heavy atom. The molecule has 0 aliphatic carbocycles. The summed E-state index contributed by atoms with van der Waals surface area (Å²) in [5, 5.41) is 8.52. The third kappa shape index (κ3) is 2.55. The molecule has 2 rings (SSSR count). The highest BCUT2D eigenvalue weighted by atomic mass is 16.5. The molecule has 5 nitrogen and oxygen atoms in total. The van der Waals surface area contributed by atoms with E-state index in [-0.39, 0.29) is 5.91 Å². The maximum absolute atomic E-state index is 12.2. The van der Waals surface area contributed by atoms with E-state index in [0.717, 1.165) is 0 Å². The summed E-state index contributed by atoms with van der Waals surface area (Å²) in [6, 6.07) is 6.74. The van der Waals surface area contributed by atoms with Crippen LogP contribution in [0.2, 0.25) is 0 Å². The van der Waals surface area contributed by atoms with Gasteiger partial charge in [-0.3, -0.25) is 4.79 Å². The van der Waals surface area contributed by atoms with Crippen LogP contribution in [0.4, 0.5) is 0 Å². The molecule has 1 aromatic rings. The van der Waals surface area contributed by atoms with E-state index in [2.05, 4.69) is 0 Å². The van der Waals surface area contributed by atoms with Gasteiger partial charge in [-0.1, -0.05) is 12.1 Å². The Morgan fingerprint density at radius 1 is 1.35 bits per heavy atom. The molecule has 1 saturated heterocycles. The zero-order chi connectivity index (χ0) is 12.1. The number of para-hydroxylation sites is 1. The standard InChI is InChI=1S/C12H12N2O3/c13-9-17-11-4-2-1-3-10(11)12(15)14-5-7-16-8-6-14/h1-4H,5-8H2. The fourth-order valence-electron chi connectivity index (χ4n) is 1.72. The number of morpholine rings is 1. The minimum atomic E-state index is -0.126. The fourth-order valence-corrected chi connectivity index (χ4v) is 1.72. The number of nitriles is 1. The minimum absolute atomic E-state index is 0.126. The molecule has 1 aliphatic rings. The molecule has 17 heavy (non-hydrogen) atoms. The Hall–Kier alpha value is -2.06. The van der Waals surface area contributed by atoms with Crippen LogP contribution in [0.1, 0.15) is 10.4 Å². The van der Waals surface area contributed by atoms with Crippen LogP contribution in [0.5, 0.6) is 5.75 Å². The molecule has 1 heterocycles. The van der Waals surface area contributed by atoms with Gasteiger partial charge in [-0.2, -0.15) is 0 Å². The largest absolute Gasteiger partial charge is 0.387 e. The van der Waals surface area contributed by atoms with Crippen molar-refractivity contribution in [2.45, 2.75) is 0 Å². The molecule has 0 aromatic heterocycles.